The number of hydrogen-bond donors (Lipinski definition) is 3. The van der Waals surface area contributed by atoms with Crippen LogP contribution in [-0.2, 0) is 80.3 Å². The summed E-state index contributed by atoms with van der Waals surface area (Å²) in [5.74, 6) is -3.92. The number of phenolic OH excluding ortho intramolecular Hbond substituents is 3. The van der Waals surface area contributed by atoms with Gasteiger partial charge in [-0.15, -0.1) is 0 Å². The molecule has 0 radical (unpaired) electrons. The van der Waals surface area contributed by atoms with E-state index in [-0.39, 0.29) is 88.3 Å². The van der Waals surface area contributed by atoms with Crippen molar-refractivity contribution in [1.82, 2.24) is 0 Å². The normalized spacial score (nSPS) is 13.2. The standard InChI is InChI=1S/C53H78O9/c1-47(2,3)35-26-32(27-36(44(35)57)48(4,5)6)20-23-41(54)60-53(19,61-42(55)24-21-33-28-37(49(7,8)9)45(58)38(29-33)50(10,11)12)62-43(56)25-22-34-30-39(51(13,14)15)46(59)40(31-34)52(16,17)18/h26-31,57-59H,20-25H2,1-19H3. The van der Waals surface area contributed by atoms with Gasteiger partial charge in [-0.1, -0.05) is 161 Å². The first kappa shape index (κ1) is 51.8. The van der Waals surface area contributed by atoms with Crippen LogP contribution in [-0.4, -0.2) is 39.2 Å². The second kappa shape index (κ2) is 18.3. The van der Waals surface area contributed by atoms with Crippen LogP contribution >= 0.6 is 0 Å². The lowest BCUT2D eigenvalue weighted by molar-refractivity contribution is -0.320. The number of benzene rings is 3. The number of carbonyl (C=O) groups is 3. The fourth-order valence-electron chi connectivity index (χ4n) is 7.52. The van der Waals surface area contributed by atoms with Gasteiger partial charge >= 0.3 is 23.9 Å². The minimum atomic E-state index is -2.38. The third-order valence-corrected chi connectivity index (χ3v) is 11.1. The maximum atomic E-state index is 13.7. The molecule has 9 heteroatoms. The molecule has 0 bridgehead atoms. The first-order valence-electron chi connectivity index (χ1n) is 22.1. The summed E-state index contributed by atoms with van der Waals surface area (Å²) >= 11 is 0. The zero-order valence-corrected chi connectivity index (χ0v) is 41.5. The van der Waals surface area contributed by atoms with E-state index in [9.17, 15) is 29.7 Å². The summed E-state index contributed by atoms with van der Waals surface area (Å²) in [5.41, 5.74) is 4.82. The fourth-order valence-corrected chi connectivity index (χ4v) is 7.52. The molecule has 0 aliphatic rings. The Balaban J connectivity index is 1.94. The molecule has 62 heavy (non-hydrogen) atoms. The highest BCUT2D eigenvalue weighted by Crippen LogP contribution is 2.43. The van der Waals surface area contributed by atoms with Crippen molar-refractivity contribution in [3.63, 3.8) is 0 Å². The molecule has 3 N–H and O–H groups in total. The molecule has 0 fully saturated rings. The maximum Gasteiger partial charge on any atom is 0.420 e. The predicted molar refractivity (Wildman–Crippen MR) is 248 cm³/mol. The number of rotatable bonds is 12. The van der Waals surface area contributed by atoms with Crippen LogP contribution in [0, 0.1) is 0 Å². The van der Waals surface area contributed by atoms with Crippen molar-refractivity contribution >= 4 is 17.9 Å². The highest BCUT2D eigenvalue weighted by atomic mass is 16.9. The van der Waals surface area contributed by atoms with Crippen LogP contribution in [0.15, 0.2) is 36.4 Å². The van der Waals surface area contributed by atoms with E-state index in [0.29, 0.717) is 0 Å². The highest BCUT2D eigenvalue weighted by Gasteiger charge is 2.39. The van der Waals surface area contributed by atoms with Gasteiger partial charge in [0.1, 0.15) is 17.2 Å². The van der Waals surface area contributed by atoms with Gasteiger partial charge in [0.05, 0.1) is 6.92 Å². The van der Waals surface area contributed by atoms with Crippen LogP contribution in [0.25, 0.3) is 0 Å². The van der Waals surface area contributed by atoms with Gasteiger partial charge in [-0.2, -0.15) is 0 Å². The van der Waals surface area contributed by atoms with Crippen LogP contribution in [0.1, 0.15) is 201 Å². The highest BCUT2D eigenvalue weighted by molar-refractivity contribution is 5.74. The summed E-state index contributed by atoms with van der Waals surface area (Å²) in [4.78, 5) is 41.0. The van der Waals surface area contributed by atoms with Crippen LogP contribution in [0.3, 0.4) is 0 Å². The lowest BCUT2D eigenvalue weighted by Gasteiger charge is -2.29. The molecule has 0 aromatic heterocycles. The van der Waals surface area contributed by atoms with Gasteiger partial charge in [-0.3, -0.25) is 14.4 Å². The van der Waals surface area contributed by atoms with Gasteiger partial charge in [-0.25, -0.2) is 0 Å². The van der Waals surface area contributed by atoms with E-state index < -0.39 is 23.9 Å². The topological polar surface area (TPSA) is 140 Å². The first-order chi connectivity index (χ1) is 27.8. The van der Waals surface area contributed by atoms with Crippen molar-refractivity contribution in [3.05, 3.63) is 86.5 Å². The van der Waals surface area contributed by atoms with E-state index >= 15 is 0 Å². The number of esters is 3. The molecule has 0 heterocycles. The van der Waals surface area contributed by atoms with E-state index in [1.807, 2.05) is 161 Å². The smallest absolute Gasteiger partial charge is 0.420 e. The van der Waals surface area contributed by atoms with Gasteiger partial charge in [0, 0.05) is 19.3 Å². The van der Waals surface area contributed by atoms with E-state index in [1.165, 1.54) is 6.92 Å². The number of carbonyl (C=O) groups excluding carboxylic acids is 3. The molecule has 0 atom stereocenters. The molecule has 0 unspecified atom stereocenters. The summed E-state index contributed by atoms with van der Waals surface area (Å²) < 4.78 is 17.3. The zero-order chi connectivity index (χ0) is 47.8. The van der Waals surface area contributed by atoms with Crippen molar-refractivity contribution in [3.8, 4) is 17.2 Å². The number of phenols is 3. The quantitative estimate of drug-likeness (QED) is 0.120. The van der Waals surface area contributed by atoms with Gasteiger partial charge in [0.25, 0.3) is 0 Å². The Morgan fingerprint density at radius 2 is 0.516 bits per heavy atom. The minimum absolute atomic E-state index is 0.125. The first-order valence-corrected chi connectivity index (χ1v) is 22.1. The van der Waals surface area contributed by atoms with Crippen molar-refractivity contribution < 1.29 is 43.9 Å². The van der Waals surface area contributed by atoms with Crippen LogP contribution < -0.4 is 0 Å². The Hall–Kier alpha value is -4.53. The Kier molecular flexibility index (Phi) is 15.3. The molecule has 0 amide bonds. The van der Waals surface area contributed by atoms with Gasteiger partial charge in [-0.05, 0) is 102 Å². The summed E-state index contributed by atoms with van der Waals surface area (Å²) in [7, 11) is 0. The molecule has 344 valence electrons. The fraction of sp³-hybridized carbons (Fsp3) is 0.604. The second-order valence-corrected chi connectivity index (χ2v) is 23.4. The van der Waals surface area contributed by atoms with E-state index in [2.05, 4.69) is 0 Å². The molecule has 0 aliphatic carbocycles. The monoisotopic (exact) mass is 859 g/mol. The van der Waals surface area contributed by atoms with Crippen LogP contribution in [0.2, 0.25) is 0 Å². The van der Waals surface area contributed by atoms with Gasteiger partial charge < -0.3 is 29.5 Å². The van der Waals surface area contributed by atoms with Crippen molar-refractivity contribution in [1.29, 1.82) is 0 Å². The molecule has 3 aromatic rings. The van der Waals surface area contributed by atoms with Gasteiger partial charge in [0.2, 0.25) is 0 Å². The molecule has 3 aromatic carbocycles. The maximum absolute atomic E-state index is 13.7. The second-order valence-electron chi connectivity index (χ2n) is 23.4. The predicted octanol–water partition coefficient (Wildman–Crippen LogP) is 12.1. The molecule has 3 rings (SSSR count). The summed E-state index contributed by atoms with van der Waals surface area (Å²) in [6.07, 6.45) is 0.385. The van der Waals surface area contributed by atoms with Crippen molar-refractivity contribution in [2.24, 2.45) is 0 Å². The third kappa shape index (κ3) is 13.7. The number of ether oxygens (including phenoxy) is 3. The van der Waals surface area contributed by atoms with Crippen molar-refractivity contribution in [2.45, 2.75) is 209 Å². The molecule has 9 nitrogen and oxygen atoms in total. The summed E-state index contributed by atoms with van der Waals surface area (Å²) in [6.45, 7) is 37.6. The zero-order valence-electron chi connectivity index (χ0n) is 41.5. The molecular weight excluding hydrogens is 781 g/mol. The molecule has 0 saturated heterocycles. The Bertz CT molecular complexity index is 1770. The molecule has 0 aliphatic heterocycles. The Labute approximate surface area is 373 Å². The largest absolute Gasteiger partial charge is 0.507 e. The Morgan fingerprint density at radius 1 is 0.355 bits per heavy atom. The number of aromatic hydroxyl groups is 3. The van der Waals surface area contributed by atoms with E-state index in [0.717, 1.165) is 50.1 Å². The van der Waals surface area contributed by atoms with Gasteiger partial charge in [0.15, 0.2) is 0 Å². The number of hydrogen-bond acceptors (Lipinski definition) is 9. The molecule has 0 saturated carbocycles. The van der Waals surface area contributed by atoms with E-state index in [4.69, 9.17) is 14.2 Å². The van der Waals surface area contributed by atoms with Crippen LogP contribution in [0.4, 0.5) is 0 Å². The lowest BCUT2D eigenvalue weighted by atomic mass is 9.78. The summed E-state index contributed by atoms with van der Waals surface area (Å²) in [6, 6.07) is 11.4. The third-order valence-electron chi connectivity index (χ3n) is 11.1. The van der Waals surface area contributed by atoms with Crippen LogP contribution in [0.5, 0.6) is 17.2 Å². The summed E-state index contributed by atoms with van der Waals surface area (Å²) in [5, 5.41) is 33.7. The van der Waals surface area contributed by atoms with Crippen molar-refractivity contribution in [2.75, 3.05) is 0 Å². The average molecular weight is 859 g/mol. The average Bonchev–Trinajstić information content (AvgIpc) is 3.06. The molecule has 0 spiro atoms. The Morgan fingerprint density at radius 3 is 0.661 bits per heavy atom. The lowest BCUT2D eigenvalue weighted by Crippen LogP contribution is -2.42. The number of aryl methyl sites for hydroxylation is 3. The van der Waals surface area contributed by atoms with E-state index in [1.54, 1.807) is 0 Å². The minimum Gasteiger partial charge on any atom is -0.507 e. The molecular formula is C53H78O9. The SMILES string of the molecule is CC(OC(=O)CCc1cc(C(C)(C)C)c(O)c(C(C)(C)C)c1)(OC(=O)CCc1cc(C(C)(C)C)c(O)c(C(C)(C)C)c1)OC(=O)CCc1cc(C(C)(C)C)c(O)c(C(C)(C)C)c1.